The summed E-state index contributed by atoms with van der Waals surface area (Å²) >= 11 is 0.298. The van der Waals surface area contributed by atoms with Gasteiger partial charge in [-0.15, -0.1) is 0 Å². The Labute approximate surface area is 101 Å². The van der Waals surface area contributed by atoms with Gasteiger partial charge in [-0.05, 0) is 0 Å². The Morgan fingerprint density at radius 1 is 1.33 bits per heavy atom. The van der Waals surface area contributed by atoms with Crippen molar-refractivity contribution in [2.45, 2.75) is 40.0 Å². The summed E-state index contributed by atoms with van der Waals surface area (Å²) in [6, 6.07) is 0. The molecule has 1 aliphatic rings. The average Bonchev–Trinajstić information content (AvgIpc) is 2.41. The standard InChI is InChI=1S/C7H9.C7H11.Ru/c1-2-4-6-7-5-3-1;1-6(2)5-7(3)4;/h1-3H,4,6-7H2;1,5H,2-4H3;. The average molecular weight is 289 g/mol. The van der Waals surface area contributed by atoms with Gasteiger partial charge in [0.15, 0.2) is 0 Å². The molecule has 0 unspecified atom stereocenters. The molecule has 1 heteroatoms. The van der Waals surface area contributed by atoms with Crippen molar-refractivity contribution in [3.8, 4) is 0 Å². The van der Waals surface area contributed by atoms with Crippen LogP contribution >= 0.6 is 0 Å². The van der Waals surface area contributed by atoms with Gasteiger partial charge in [-0.1, -0.05) is 0 Å². The van der Waals surface area contributed by atoms with Gasteiger partial charge in [-0.25, -0.2) is 0 Å². The van der Waals surface area contributed by atoms with Crippen molar-refractivity contribution in [1.82, 2.24) is 0 Å². The predicted octanol–water partition coefficient (Wildman–Crippen LogP) is 4.56. The minimum absolute atomic E-state index is 0.298. The molecule has 0 aromatic carbocycles. The molecule has 0 amide bonds. The van der Waals surface area contributed by atoms with Gasteiger partial charge in [0.05, 0.1) is 0 Å². The molecule has 1 aliphatic carbocycles. The second-order valence-electron chi connectivity index (χ2n) is 4.09. The van der Waals surface area contributed by atoms with E-state index >= 15 is 0 Å². The van der Waals surface area contributed by atoms with Crippen LogP contribution in [-0.2, 0) is 17.1 Å². The van der Waals surface area contributed by atoms with E-state index in [2.05, 4.69) is 49.7 Å². The van der Waals surface area contributed by atoms with Crippen LogP contribution in [0, 0.1) is 0 Å². The van der Waals surface area contributed by atoms with E-state index in [0.29, 0.717) is 17.1 Å². The zero-order valence-corrected chi connectivity index (χ0v) is 11.6. The van der Waals surface area contributed by atoms with Crippen LogP contribution in [0.1, 0.15) is 40.0 Å². The van der Waals surface area contributed by atoms with Crippen LogP contribution in [-0.4, -0.2) is 0 Å². The van der Waals surface area contributed by atoms with Gasteiger partial charge in [0, 0.05) is 0 Å². The first kappa shape index (κ1) is 12.7. The van der Waals surface area contributed by atoms with E-state index in [1.54, 1.807) is 4.17 Å². The van der Waals surface area contributed by atoms with Gasteiger partial charge in [0.1, 0.15) is 0 Å². The van der Waals surface area contributed by atoms with E-state index in [-0.39, 0.29) is 0 Å². The molecule has 0 aromatic rings. The molecule has 0 fully saturated rings. The summed E-state index contributed by atoms with van der Waals surface area (Å²) in [5.41, 5.74) is 2.81. The maximum absolute atomic E-state index is 2.42. The van der Waals surface area contributed by atoms with Crippen molar-refractivity contribution in [2.24, 2.45) is 0 Å². The van der Waals surface area contributed by atoms with Gasteiger partial charge >= 0.3 is 101 Å². The number of allylic oxidation sites excluding steroid dienone is 7. The summed E-state index contributed by atoms with van der Waals surface area (Å²) in [7, 11) is 0. The third kappa shape index (κ3) is 5.89. The first-order valence-corrected chi connectivity index (χ1v) is 7.34. The van der Waals surface area contributed by atoms with Crippen molar-refractivity contribution in [1.29, 1.82) is 0 Å². The van der Waals surface area contributed by atoms with E-state index in [4.69, 9.17) is 0 Å². The molecule has 1 rings (SSSR count). The van der Waals surface area contributed by atoms with Crippen LogP contribution in [0.4, 0.5) is 0 Å². The SMILES string of the molecule is CC(C)=C/C(C)=[CH]\[Ru][C]1=CC=CCCC1. The van der Waals surface area contributed by atoms with E-state index in [1.807, 2.05) is 0 Å². The molecule has 0 spiro atoms. The second kappa shape index (κ2) is 6.96. The topological polar surface area (TPSA) is 0 Å². The van der Waals surface area contributed by atoms with Crippen LogP contribution in [0.25, 0.3) is 0 Å². The zero-order chi connectivity index (χ0) is 11.1. The fourth-order valence-corrected chi connectivity index (χ4v) is 3.21. The Balaban J connectivity index is 2.51. The van der Waals surface area contributed by atoms with Gasteiger partial charge in [0.2, 0.25) is 0 Å². The molecular weight excluding hydrogens is 269 g/mol. The molecule has 0 aromatic heterocycles. The molecule has 0 radical (unpaired) electrons. The summed E-state index contributed by atoms with van der Waals surface area (Å²) in [6.45, 7) is 6.51. The molecule has 0 saturated carbocycles. The molecule has 0 bridgehead atoms. The first-order chi connectivity index (χ1) is 7.18. The van der Waals surface area contributed by atoms with Crippen molar-refractivity contribution in [3.63, 3.8) is 0 Å². The fourth-order valence-electron chi connectivity index (χ4n) is 1.45. The summed E-state index contributed by atoms with van der Waals surface area (Å²) in [4.78, 5) is 0. The Hall–Kier alpha value is -0.417. The molecule has 15 heavy (non-hydrogen) atoms. The molecular formula is C14H20Ru. The summed E-state index contributed by atoms with van der Waals surface area (Å²) in [6.07, 6.45) is 13.0. The third-order valence-corrected chi connectivity index (χ3v) is 4.46. The van der Waals surface area contributed by atoms with Gasteiger partial charge in [-0.3, -0.25) is 0 Å². The Morgan fingerprint density at radius 2 is 2.13 bits per heavy atom. The van der Waals surface area contributed by atoms with Crippen LogP contribution in [0.2, 0.25) is 0 Å². The van der Waals surface area contributed by atoms with Crippen LogP contribution in [0.3, 0.4) is 0 Å². The van der Waals surface area contributed by atoms with Crippen molar-refractivity contribution in [2.75, 3.05) is 0 Å². The molecule has 0 saturated heterocycles. The number of rotatable bonds is 3. The summed E-state index contributed by atoms with van der Waals surface area (Å²) < 4.78 is 4.07. The van der Waals surface area contributed by atoms with Gasteiger partial charge in [0.25, 0.3) is 0 Å². The van der Waals surface area contributed by atoms with Crippen LogP contribution < -0.4 is 0 Å². The molecule has 0 N–H and O–H groups in total. The Bertz CT molecular complexity index is 312. The van der Waals surface area contributed by atoms with E-state index in [0.717, 1.165) is 0 Å². The monoisotopic (exact) mass is 290 g/mol. The molecule has 0 atom stereocenters. The third-order valence-electron chi connectivity index (χ3n) is 2.05. The predicted molar refractivity (Wildman–Crippen MR) is 64.3 cm³/mol. The van der Waals surface area contributed by atoms with Gasteiger partial charge < -0.3 is 0 Å². The second-order valence-corrected chi connectivity index (χ2v) is 6.21. The fraction of sp³-hybridized carbons (Fsp3) is 0.429. The maximum atomic E-state index is 2.42. The summed E-state index contributed by atoms with van der Waals surface area (Å²) in [5.74, 6) is 0. The normalized spacial score (nSPS) is 17.3. The van der Waals surface area contributed by atoms with Crippen LogP contribution in [0.5, 0.6) is 0 Å². The minimum atomic E-state index is 0.298. The molecule has 0 aliphatic heterocycles. The van der Waals surface area contributed by atoms with E-state index in [1.165, 1.54) is 30.4 Å². The molecule has 0 heterocycles. The van der Waals surface area contributed by atoms with Crippen molar-refractivity contribution < 1.29 is 17.1 Å². The first-order valence-electron chi connectivity index (χ1n) is 5.46. The number of hydrogen-bond acceptors (Lipinski definition) is 0. The summed E-state index contributed by atoms with van der Waals surface area (Å²) in [5, 5.41) is 0. The zero-order valence-electron chi connectivity index (χ0n) is 9.86. The quantitative estimate of drug-likeness (QED) is 0.527. The van der Waals surface area contributed by atoms with E-state index in [9.17, 15) is 0 Å². The van der Waals surface area contributed by atoms with Crippen LogP contribution in [0.15, 0.2) is 44.3 Å². The Kier molecular flexibility index (Phi) is 5.87. The van der Waals surface area contributed by atoms with E-state index < -0.39 is 0 Å². The molecule has 0 nitrogen and oxygen atoms in total. The molecule has 84 valence electrons. The van der Waals surface area contributed by atoms with Crippen molar-refractivity contribution >= 4 is 0 Å². The Morgan fingerprint density at radius 3 is 2.87 bits per heavy atom. The number of hydrogen-bond donors (Lipinski definition) is 0. The van der Waals surface area contributed by atoms with Gasteiger partial charge in [-0.2, -0.15) is 0 Å². The van der Waals surface area contributed by atoms with Crippen molar-refractivity contribution in [3.05, 3.63) is 44.3 Å².